The van der Waals surface area contributed by atoms with Gasteiger partial charge in [0.25, 0.3) is 0 Å². The zero-order valence-corrected chi connectivity index (χ0v) is 47.0. The Kier molecular flexibility index (Phi) is 24.1. The van der Waals surface area contributed by atoms with Crippen LogP contribution in [0.2, 0.25) is 0 Å². The van der Waals surface area contributed by atoms with E-state index in [2.05, 4.69) is 0 Å². The van der Waals surface area contributed by atoms with Crippen molar-refractivity contribution in [3.8, 4) is 23.0 Å². The first-order valence-electron chi connectivity index (χ1n) is 25.4. The van der Waals surface area contributed by atoms with Gasteiger partial charge in [0, 0.05) is 68.4 Å². The summed E-state index contributed by atoms with van der Waals surface area (Å²) in [6.45, 7) is 9.51. The van der Waals surface area contributed by atoms with Gasteiger partial charge in [-0.15, -0.1) is 0 Å². The molecule has 0 aromatic heterocycles. The van der Waals surface area contributed by atoms with Crippen molar-refractivity contribution in [1.82, 2.24) is 0 Å². The van der Waals surface area contributed by atoms with Crippen LogP contribution in [-0.4, -0.2) is 180 Å². The molecule has 3 aliphatic heterocycles. The predicted octanol–water partition coefficient (Wildman–Crippen LogP) is 2.49. The minimum atomic E-state index is -1.92. The third-order valence-electron chi connectivity index (χ3n) is 11.8. The number of esters is 10. The van der Waals surface area contributed by atoms with E-state index in [0.29, 0.717) is 11.1 Å². The topological polar surface area (TPSA) is 337 Å². The summed E-state index contributed by atoms with van der Waals surface area (Å²) in [4.78, 5) is 127. The number of carbonyl (C=O) groups is 10. The average Bonchev–Trinajstić information content (AvgIpc) is 2.04. The number of rotatable bonds is 23. The molecule has 0 saturated carbocycles. The van der Waals surface area contributed by atoms with Gasteiger partial charge in [-0.05, 0) is 54.8 Å². The van der Waals surface area contributed by atoms with Crippen molar-refractivity contribution in [2.24, 2.45) is 0 Å². The second-order valence-electron chi connectivity index (χ2n) is 18.4. The normalized spacial score (nSPS) is 26.8. The van der Waals surface area contributed by atoms with E-state index in [4.69, 9.17) is 85.3 Å². The second kappa shape index (κ2) is 30.3. The highest BCUT2D eigenvalue weighted by atomic mass is 16.8. The van der Waals surface area contributed by atoms with Gasteiger partial charge in [0.05, 0.1) is 33.5 Å². The second-order valence-corrected chi connectivity index (χ2v) is 18.4. The summed E-state index contributed by atoms with van der Waals surface area (Å²) in [5, 5.41) is 0. The SMILES string of the molecule is COc1cc(/C=C/C(=O)O[C@H]2[C@H](O[C@@H]3O[C@@H](C)[C@H](OC(C)=O)[C@@H](OC(C)=O)[C@H]3OC(C)=O)[C@@H](O[C@@H]3OC[C@H](OC(C)=O)[C@H](OC(C)=O)[C@H]3OC(C)=O)[C@H](OCCc3ccc(OC)c(OC(C)=O)c3)O[C@@H]2COC(C)=O)ccc1OC(C)=O. The van der Waals surface area contributed by atoms with Crippen molar-refractivity contribution in [3.05, 3.63) is 53.6 Å². The minimum Gasteiger partial charge on any atom is -0.493 e. The van der Waals surface area contributed by atoms with Gasteiger partial charge in [0.2, 0.25) is 0 Å². The molecule has 14 atom stereocenters. The number of benzene rings is 2. The lowest BCUT2D eigenvalue weighted by Gasteiger charge is -2.50. The lowest BCUT2D eigenvalue weighted by atomic mass is 9.96. The lowest BCUT2D eigenvalue weighted by molar-refractivity contribution is -0.385. The first kappa shape index (κ1) is 65.1. The molecule has 82 heavy (non-hydrogen) atoms. The summed E-state index contributed by atoms with van der Waals surface area (Å²) in [6, 6.07) is 9.02. The summed E-state index contributed by atoms with van der Waals surface area (Å²) in [7, 11) is 2.69. The molecule has 0 amide bonds. The number of carbonyl (C=O) groups excluding carboxylic acids is 10. The Morgan fingerprint density at radius 3 is 1.63 bits per heavy atom. The number of hydrogen-bond acceptors (Lipinski definition) is 28. The van der Waals surface area contributed by atoms with E-state index in [1.54, 1.807) is 6.07 Å². The molecular weight excluding hydrogens is 1100 g/mol. The van der Waals surface area contributed by atoms with Crippen LogP contribution in [0.1, 0.15) is 80.4 Å². The van der Waals surface area contributed by atoms with Crippen molar-refractivity contribution in [1.29, 1.82) is 0 Å². The standard InChI is InChI=1S/C54H66O28/c1-25-44(74-30(6)59)47(76-32(8)61)51(78-34(10)63)54(70-25)81-48-45(80-43(64)18-15-35-14-17-38(71-27(3)56)39(21-35)66-12)42(23-68-26(2)55)79-52(67-20-19-36-13-16-37(65-11)40(22-36)72-28(4)57)50(48)82-53-49(77-33(9)62)46(75-31(7)60)41(24-69-53)73-29(5)58/h13-18,21-22,25,41-42,44-54H,19-20,23-24H2,1-12H3/b18-15+/t25-,41-,42+,44-,45+,46-,47+,48-,49+,50+,51+,52+,53-,54-/m0/s1. The van der Waals surface area contributed by atoms with Crippen molar-refractivity contribution in [2.75, 3.05) is 34.0 Å². The van der Waals surface area contributed by atoms with Gasteiger partial charge in [-0.3, -0.25) is 43.2 Å². The van der Waals surface area contributed by atoms with Gasteiger partial charge in [-0.2, -0.15) is 0 Å². The number of ether oxygens (including phenoxy) is 18. The largest absolute Gasteiger partial charge is 0.493 e. The fourth-order valence-electron chi connectivity index (χ4n) is 8.77. The molecule has 2 aromatic carbocycles. The molecule has 0 spiro atoms. The third-order valence-corrected chi connectivity index (χ3v) is 11.8. The first-order chi connectivity index (χ1) is 38.8. The van der Waals surface area contributed by atoms with E-state index in [0.717, 1.165) is 54.5 Å². The van der Waals surface area contributed by atoms with Crippen molar-refractivity contribution >= 4 is 65.8 Å². The van der Waals surface area contributed by atoms with Crippen LogP contribution in [0.5, 0.6) is 23.0 Å². The van der Waals surface area contributed by atoms with Crippen LogP contribution in [0.3, 0.4) is 0 Å². The van der Waals surface area contributed by atoms with Gasteiger partial charge in [-0.1, -0.05) is 12.1 Å². The summed E-state index contributed by atoms with van der Waals surface area (Å²) >= 11 is 0. The molecule has 0 bridgehead atoms. The maximum Gasteiger partial charge on any atom is 0.331 e. The van der Waals surface area contributed by atoms with Crippen molar-refractivity contribution < 1.29 is 133 Å². The molecular formula is C54H66O28. The summed E-state index contributed by atoms with van der Waals surface area (Å²) < 4.78 is 105. The van der Waals surface area contributed by atoms with Gasteiger partial charge in [0.15, 0.2) is 84.6 Å². The Balaban J connectivity index is 1.73. The van der Waals surface area contributed by atoms with E-state index in [1.807, 2.05) is 0 Å². The van der Waals surface area contributed by atoms with Crippen LogP contribution in [0, 0.1) is 0 Å². The molecule has 3 aliphatic rings. The molecule has 3 fully saturated rings. The molecule has 3 heterocycles. The van der Waals surface area contributed by atoms with E-state index >= 15 is 0 Å². The number of methoxy groups -OCH3 is 2. The zero-order valence-electron chi connectivity index (χ0n) is 47.0. The summed E-state index contributed by atoms with van der Waals surface area (Å²) in [6.07, 6.45) is -21.6. The summed E-state index contributed by atoms with van der Waals surface area (Å²) in [5.74, 6) is -8.25. The minimum absolute atomic E-state index is 0.0226. The monoisotopic (exact) mass is 1160 g/mol. The number of hydrogen-bond donors (Lipinski definition) is 0. The van der Waals surface area contributed by atoms with Gasteiger partial charge in [0.1, 0.15) is 24.9 Å². The molecule has 28 heteroatoms. The maximum absolute atomic E-state index is 14.3. The Morgan fingerprint density at radius 1 is 0.500 bits per heavy atom. The van der Waals surface area contributed by atoms with Gasteiger partial charge < -0.3 is 85.3 Å². The summed E-state index contributed by atoms with van der Waals surface area (Å²) in [5.41, 5.74) is 0.846. The molecule has 0 radical (unpaired) electrons. The highest BCUT2D eigenvalue weighted by molar-refractivity contribution is 5.87. The molecule has 0 aliphatic carbocycles. The molecule has 2 aromatic rings. The Morgan fingerprint density at radius 2 is 1.05 bits per heavy atom. The van der Waals surface area contributed by atoms with Crippen LogP contribution in [0.15, 0.2) is 42.5 Å². The maximum atomic E-state index is 14.3. The molecule has 0 unspecified atom stereocenters. The van der Waals surface area contributed by atoms with Crippen molar-refractivity contribution in [3.63, 3.8) is 0 Å². The van der Waals surface area contributed by atoms with Gasteiger partial charge in [-0.25, -0.2) is 4.79 Å². The van der Waals surface area contributed by atoms with Crippen LogP contribution in [-0.2, 0) is 121 Å². The van der Waals surface area contributed by atoms with E-state index in [1.165, 1.54) is 71.4 Å². The quantitative estimate of drug-likeness (QED) is 0.0667. The Labute approximate surface area is 470 Å². The third kappa shape index (κ3) is 18.9. The fourth-order valence-corrected chi connectivity index (χ4v) is 8.77. The molecule has 5 rings (SSSR count). The van der Waals surface area contributed by atoms with E-state index in [-0.39, 0.29) is 36.0 Å². The van der Waals surface area contributed by atoms with Crippen LogP contribution < -0.4 is 18.9 Å². The molecule has 450 valence electrons. The Bertz CT molecular complexity index is 2670. The van der Waals surface area contributed by atoms with Crippen molar-refractivity contribution in [2.45, 2.75) is 162 Å². The van der Waals surface area contributed by atoms with Crippen LogP contribution in [0.4, 0.5) is 0 Å². The highest BCUT2D eigenvalue weighted by Gasteiger charge is 2.58. The smallest absolute Gasteiger partial charge is 0.331 e. The Hall–Kier alpha value is -7.76. The van der Waals surface area contributed by atoms with E-state index < -0.39 is 159 Å². The fraction of sp³-hybridized carbons (Fsp3) is 0.556. The van der Waals surface area contributed by atoms with Gasteiger partial charge >= 0.3 is 59.7 Å². The van der Waals surface area contributed by atoms with E-state index in [9.17, 15) is 47.9 Å². The highest BCUT2D eigenvalue weighted by Crippen LogP contribution is 2.38. The van der Waals surface area contributed by atoms with Crippen LogP contribution >= 0.6 is 0 Å². The zero-order chi connectivity index (χ0) is 60.5. The first-order valence-corrected chi connectivity index (χ1v) is 25.4. The lowest BCUT2D eigenvalue weighted by Crippen LogP contribution is -2.68. The predicted molar refractivity (Wildman–Crippen MR) is 270 cm³/mol. The van der Waals surface area contributed by atoms with Crippen LogP contribution in [0.25, 0.3) is 6.08 Å². The molecule has 3 saturated heterocycles. The molecule has 0 N–H and O–H groups in total. The molecule has 28 nitrogen and oxygen atoms in total. The average molecular weight is 1160 g/mol.